The second-order valence-electron chi connectivity index (χ2n) is 6.92. The monoisotopic (exact) mass is 452 g/mol. The van der Waals surface area contributed by atoms with E-state index in [1.54, 1.807) is 31.2 Å². The number of hydrogen-bond acceptors (Lipinski definition) is 6. The molecule has 0 fully saturated rings. The van der Waals surface area contributed by atoms with Crippen LogP contribution >= 0.6 is 11.8 Å². The van der Waals surface area contributed by atoms with Crippen LogP contribution in [0.15, 0.2) is 75.0 Å². The van der Waals surface area contributed by atoms with Crippen LogP contribution in [-0.2, 0) is 0 Å². The molecular weight excluding hydrogens is 428 g/mol. The highest BCUT2D eigenvalue weighted by Gasteiger charge is 2.20. The Bertz CT molecular complexity index is 1190. The number of nitro groups is 1. The van der Waals surface area contributed by atoms with Gasteiger partial charge >= 0.3 is 0 Å². The minimum atomic E-state index is -0.512. The number of aromatic nitrogens is 1. The van der Waals surface area contributed by atoms with Crippen LogP contribution in [0.5, 0.6) is 0 Å². The fourth-order valence-electron chi connectivity index (χ4n) is 3.02. The number of benzene rings is 2. The Hall–Kier alpha value is -3.66. The topological polar surface area (TPSA) is 116 Å². The molecule has 166 valence electrons. The summed E-state index contributed by atoms with van der Waals surface area (Å²) in [7, 11) is 3.34. The SMILES string of the molecule is CCC/C=C(\Sc1ccc([N+](=O)[O-])cc1C(=O)Nc1ccc2cc[nH]c2c1)N(C)N=NC. The van der Waals surface area contributed by atoms with Crippen LogP contribution in [-0.4, -0.2) is 34.9 Å². The Morgan fingerprint density at radius 2 is 2.09 bits per heavy atom. The number of fused-ring (bicyclic) bond motifs is 1. The van der Waals surface area contributed by atoms with Gasteiger partial charge in [0.1, 0.15) is 0 Å². The molecule has 0 bridgehead atoms. The van der Waals surface area contributed by atoms with E-state index in [-0.39, 0.29) is 11.3 Å². The van der Waals surface area contributed by atoms with Crippen molar-refractivity contribution in [3.63, 3.8) is 0 Å². The maximum atomic E-state index is 13.1. The zero-order valence-corrected chi connectivity index (χ0v) is 18.8. The number of non-ortho nitro benzene ring substituents is 1. The van der Waals surface area contributed by atoms with Crippen LogP contribution < -0.4 is 5.32 Å². The summed E-state index contributed by atoms with van der Waals surface area (Å²) in [5.41, 5.74) is 1.53. The number of nitrogens with zero attached hydrogens (tertiary/aromatic N) is 4. The van der Waals surface area contributed by atoms with E-state index < -0.39 is 10.8 Å². The van der Waals surface area contributed by atoms with Gasteiger partial charge in [-0.3, -0.25) is 14.9 Å². The largest absolute Gasteiger partial charge is 0.361 e. The normalized spacial score (nSPS) is 11.8. The number of nitro benzene ring substituents is 1. The van der Waals surface area contributed by atoms with Crippen molar-refractivity contribution in [3.05, 3.63) is 75.4 Å². The molecule has 0 spiro atoms. The van der Waals surface area contributed by atoms with E-state index in [1.807, 2.05) is 30.5 Å². The van der Waals surface area contributed by atoms with Gasteiger partial charge in [0.05, 0.1) is 22.6 Å². The molecule has 0 radical (unpaired) electrons. The molecule has 0 aliphatic rings. The molecule has 1 amide bonds. The highest BCUT2D eigenvalue weighted by Crippen LogP contribution is 2.34. The first-order valence-corrected chi connectivity index (χ1v) is 10.8. The number of hydrogen-bond donors (Lipinski definition) is 2. The van der Waals surface area contributed by atoms with E-state index in [0.717, 1.165) is 28.8 Å². The van der Waals surface area contributed by atoms with E-state index in [9.17, 15) is 14.9 Å². The Labute approximate surface area is 189 Å². The highest BCUT2D eigenvalue weighted by atomic mass is 32.2. The fourth-order valence-corrected chi connectivity index (χ4v) is 4.01. The van der Waals surface area contributed by atoms with Crippen molar-refractivity contribution < 1.29 is 9.72 Å². The Morgan fingerprint density at radius 3 is 2.81 bits per heavy atom. The standard InChI is InChI=1S/C22H24N6O3S/c1-4-5-6-21(27(3)26-23-2)32-20-10-9-17(28(30)31)14-18(20)22(29)25-16-8-7-15-11-12-24-19(15)13-16/h6-14,24H,4-5H2,1-3H3,(H,25,29)/b21-6-,26-23?. The van der Waals surface area contributed by atoms with Gasteiger partial charge in [0, 0.05) is 41.5 Å². The molecule has 3 aromatic rings. The van der Waals surface area contributed by atoms with Crippen molar-refractivity contribution in [1.29, 1.82) is 0 Å². The summed E-state index contributed by atoms with van der Waals surface area (Å²) in [5.74, 6) is -0.434. The van der Waals surface area contributed by atoms with Gasteiger partial charge in [-0.05, 0) is 36.1 Å². The zero-order valence-electron chi connectivity index (χ0n) is 18.0. The van der Waals surface area contributed by atoms with Gasteiger partial charge in [0.15, 0.2) is 0 Å². The molecule has 3 rings (SSSR count). The lowest BCUT2D eigenvalue weighted by Crippen LogP contribution is -2.14. The number of aromatic amines is 1. The molecule has 2 aromatic carbocycles. The summed E-state index contributed by atoms with van der Waals surface area (Å²) in [5, 5.41) is 25.4. The van der Waals surface area contributed by atoms with Crippen molar-refractivity contribution >= 4 is 39.9 Å². The lowest BCUT2D eigenvalue weighted by Gasteiger charge is -2.17. The van der Waals surface area contributed by atoms with Gasteiger partial charge in [-0.2, -0.15) is 5.11 Å². The van der Waals surface area contributed by atoms with Crippen molar-refractivity contribution in [2.45, 2.75) is 24.7 Å². The zero-order chi connectivity index (χ0) is 23.1. The Balaban J connectivity index is 1.95. The summed E-state index contributed by atoms with van der Waals surface area (Å²) in [6, 6.07) is 11.7. The van der Waals surface area contributed by atoms with Gasteiger partial charge in [-0.1, -0.05) is 42.5 Å². The number of thioether (sulfide) groups is 1. The maximum absolute atomic E-state index is 13.1. The number of rotatable bonds is 9. The van der Waals surface area contributed by atoms with Gasteiger partial charge in [0.25, 0.3) is 11.6 Å². The van der Waals surface area contributed by atoms with Crippen molar-refractivity contribution in [1.82, 2.24) is 9.99 Å². The lowest BCUT2D eigenvalue weighted by atomic mass is 10.1. The van der Waals surface area contributed by atoms with Crippen LogP contribution in [0.2, 0.25) is 0 Å². The summed E-state index contributed by atoms with van der Waals surface area (Å²) in [6.45, 7) is 2.06. The van der Waals surface area contributed by atoms with E-state index in [4.69, 9.17) is 0 Å². The number of H-pyrrole nitrogens is 1. The number of nitrogens with one attached hydrogen (secondary N) is 2. The maximum Gasteiger partial charge on any atom is 0.270 e. The van der Waals surface area contributed by atoms with Gasteiger partial charge in [-0.15, -0.1) is 0 Å². The number of anilines is 1. The summed E-state index contributed by atoms with van der Waals surface area (Å²) < 4.78 is 0. The predicted molar refractivity (Wildman–Crippen MR) is 127 cm³/mol. The van der Waals surface area contributed by atoms with E-state index in [0.29, 0.717) is 10.6 Å². The Kier molecular flexibility index (Phi) is 7.61. The quantitative estimate of drug-likeness (QED) is 0.179. The van der Waals surface area contributed by atoms with Crippen LogP contribution in [0.4, 0.5) is 11.4 Å². The summed E-state index contributed by atoms with van der Waals surface area (Å²) in [4.78, 5) is 27.6. The number of carbonyl (C=O) groups is 1. The molecule has 0 saturated heterocycles. The molecule has 0 aliphatic heterocycles. The third-order valence-electron chi connectivity index (χ3n) is 4.60. The van der Waals surface area contributed by atoms with Crippen LogP contribution in [0.25, 0.3) is 10.9 Å². The van der Waals surface area contributed by atoms with E-state index in [2.05, 4.69) is 27.6 Å². The minimum Gasteiger partial charge on any atom is -0.361 e. The second kappa shape index (κ2) is 10.6. The molecular formula is C22H24N6O3S. The predicted octanol–water partition coefficient (Wildman–Crippen LogP) is 5.99. The smallest absolute Gasteiger partial charge is 0.270 e. The van der Waals surface area contributed by atoms with Crippen LogP contribution in [0.3, 0.4) is 0 Å². The van der Waals surface area contributed by atoms with Gasteiger partial charge < -0.3 is 10.3 Å². The molecule has 9 nitrogen and oxygen atoms in total. The molecule has 1 aromatic heterocycles. The molecule has 32 heavy (non-hydrogen) atoms. The third kappa shape index (κ3) is 5.52. The average Bonchev–Trinajstić information content (AvgIpc) is 3.24. The summed E-state index contributed by atoms with van der Waals surface area (Å²) in [6.07, 6.45) is 5.58. The number of allylic oxidation sites excluding steroid dienone is 1. The minimum absolute atomic E-state index is 0.153. The van der Waals surface area contributed by atoms with E-state index in [1.165, 1.54) is 23.9 Å². The molecule has 0 aliphatic carbocycles. The molecule has 10 heteroatoms. The number of carbonyl (C=O) groups excluding carboxylic acids is 1. The van der Waals surface area contributed by atoms with Gasteiger partial charge in [0.2, 0.25) is 0 Å². The van der Waals surface area contributed by atoms with Crippen molar-refractivity contribution in [3.8, 4) is 0 Å². The van der Waals surface area contributed by atoms with Gasteiger partial charge in [-0.25, -0.2) is 5.01 Å². The van der Waals surface area contributed by atoms with E-state index >= 15 is 0 Å². The molecule has 0 saturated carbocycles. The highest BCUT2D eigenvalue weighted by molar-refractivity contribution is 8.03. The first-order chi connectivity index (χ1) is 15.4. The molecule has 1 heterocycles. The first-order valence-electron chi connectivity index (χ1n) is 10.0. The third-order valence-corrected chi connectivity index (χ3v) is 5.81. The average molecular weight is 453 g/mol. The molecule has 0 atom stereocenters. The molecule has 2 N–H and O–H groups in total. The fraction of sp³-hybridized carbons (Fsp3) is 0.227. The molecule has 0 unspecified atom stereocenters. The van der Waals surface area contributed by atoms with Crippen molar-refractivity contribution in [2.75, 3.05) is 19.4 Å². The van der Waals surface area contributed by atoms with Crippen molar-refractivity contribution in [2.24, 2.45) is 10.3 Å². The first kappa shape index (κ1) is 23.0. The summed E-state index contributed by atoms with van der Waals surface area (Å²) >= 11 is 1.31. The number of unbranched alkanes of at least 4 members (excludes halogenated alkanes) is 1. The van der Waals surface area contributed by atoms with Crippen LogP contribution in [0.1, 0.15) is 30.1 Å². The Morgan fingerprint density at radius 1 is 1.28 bits per heavy atom. The lowest BCUT2D eigenvalue weighted by molar-refractivity contribution is -0.384. The van der Waals surface area contributed by atoms with Crippen LogP contribution in [0, 0.1) is 10.1 Å². The second-order valence-corrected chi connectivity index (χ2v) is 7.98. The number of amides is 1.